The van der Waals surface area contributed by atoms with Crippen LogP contribution >= 0.6 is 0 Å². The zero-order valence-corrected chi connectivity index (χ0v) is 14.4. The van der Waals surface area contributed by atoms with Crippen LogP contribution in [0.1, 0.15) is 30.2 Å². The Labute approximate surface area is 142 Å². The zero-order chi connectivity index (χ0) is 17.5. The Kier molecular flexibility index (Phi) is 6.07. The summed E-state index contributed by atoms with van der Waals surface area (Å²) in [5.41, 5.74) is 3.71. The van der Waals surface area contributed by atoms with Gasteiger partial charge in [0.2, 0.25) is 11.8 Å². The smallest absolute Gasteiger partial charge is 0.226 e. The van der Waals surface area contributed by atoms with Crippen molar-refractivity contribution >= 4 is 17.5 Å². The number of benzene rings is 1. The molecule has 0 aliphatic carbocycles. The van der Waals surface area contributed by atoms with Crippen molar-refractivity contribution < 1.29 is 9.59 Å². The van der Waals surface area contributed by atoms with Crippen LogP contribution in [-0.4, -0.2) is 28.2 Å². The number of nitrogens with one attached hydrogen (secondary N) is 1. The molecule has 0 unspecified atom stereocenters. The Morgan fingerprint density at radius 2 is 1.79 bits per heavy atom. The van der Waals surface area contributed by atoms with Gasteiger partial charge < -0.3 is 10.2 Å². The molecule has 5 heteroatoms. The molecule has 0 atom stereocenters. The SMILES string of the molecule is CC(=O)N(CCC(=O)Nc1c(C)cccc1C)Cc1ccccn1. The third kappa shape index (κ3) is 4.91. The Morgan fingerprint density at radius 1 is 1.08 bits per heavy atom. The van der Waals surface area contributed by atoms with Crippen LogP contribution in [0.3, 0.4) is 0 Å². The van der Waals surface area contributed by atoms with Crippen LogP contribution < -0.4 is 5.32 Å². The fourth-order valence-corrected chi connectivity index (χ4v) is 2.49. The largest absolute Gasteiger partial charge is 0.337 e. The van der Waals surface area contributed by atoms with Crippen LogP contribution in [-0.2, 0) is 16.1 Å². The van der Waals surface area contributed by atoms with E-state index in [2.05, 4.69) is 10.3 Å². The first-order chi connectivity index (χ1) is 11.5. The second kappa shape index (κ2) is 8.24. The van der Waals surface area contributed by atoms with Gasteiger partial charge in [-0.2, -0.15) is 0 Å². The molecule has 2 aromatic rings. The average molecular weight is 325 g/mol. The van der Waals surface area contributed by atoms with Gasteiger partial charge in [-0.3, -0.25) is 14.6 Å². The van der Waals surface area contributed by atoms with Crippen molar-refractivity contribution in [2.45, 2.75) is 33.7 Å². The molecule has 2 amide bonds. The van der Waals surface area contributed by atoms with Crippen molar-refractivity contribution in [2.75, 3.05) is 11.9 Å². The van der Waals surface area contributed by atoms with Crippen LogP contribution in [0, 0.1) is 13.8 Å². The summed E-state index contributed by atoms with van der Waals surface area (Å²) in [6.07, 6.45) is 1.95. The van der Waals surface area contributed by atoms with Crippen LogP contribution in [0.4, 0.5) is 5.69 Å². The zero-order valence-electron chi connectivity index (χ0n) is 14.4. The molecule has 1 N–H and O–H groups in total. The fraction of sp³-hybridized carbons (Fsp3) is 0.316. The van der Waals surface area contributed by atoms with Gasteiger partial charge in [0.15, 0.2) is 0 Å². The lowest BCUT2D eigenvalue weighted by Gasteiger charge is -2.20. The minimum atomic E-state index is -0.0975. The van der Waals surface area contributed by atoms with Crippen molar-refractivity contribution in [3.05, 3.63) is 59.4 Å². The Hall–Kier alpha value is -2.69. The van der Waals surface area contributed by atoms with Crippen molar-refractivity contribution in [3.8, 4) is 0 Å². The van der Waals surface area contributed by atoms with Gasteiger partial charge in [0, 0.05) is 31.8 Å². The van der Waals surface area contributed by atoms with Gasteiger partial charge in [0.05, 0.1) is 12.2 Å². The first kappa shape index (κ1) is 17.7. The number of aryl methyl sites for hydroxylation is 2. The molecular formula is C19H23N3O2. The number of aromatic nitrogens is 1. The maximum Gasteiger partial charge on any atom is 0.226 e. The van der Waals surface area contributed by atoms with E-state index in [-0.39, 0.29) is 18.2 Å². The van der Waals surface area contributed by atoms with E-state index in [4.69, 9.17) is 0 Å². The molecular weight excluding hydrogens is 302 g/mol. The predicted octanol–water partition coefficient (Wildman–Crippen LogP) is 3.08. The van der Waals surface area contributed by atoms with E-state index < -0.39 is 0 Å². The quantitative estimate of drug-likeness (QED) is 0.888. The summed E-state index contributed by atoms with van der Waals surface area (Å²) in [5, 5.41) is 2.94. The summed E-state index contributed by atoms with van der Waals surface area (Å²) in [6, 6.07) is 11.5. The molecule has 1 heterocycles. The number of anilines is 1. The maximum atomic E-state index is 12.2. The molecule has 0 saturated heterocycles. The lowest BCUT2D eigenvalue weighted by Crippen LogP contribution is -2.32. The van der Waals surface area contributed by atoms with Crippen molar-refractivity contribution in [2.24, 2.45) is 0 Å². The van der Waals surface area contributed by atoms with E-state index in [1.54, 1.807) is 11.1 Å². The van der Waals surface area contributed by atoms with Gasteiger partial charge in [-0.1, -0.05) is 24.3 Å². The minimum absolute atomic E-state index is 0.0690. The van der Waals surface area contributed by atoms with Crippen molar-refractivity contribution in [1.29, 1.82) is 0 Å². The summed E-state index contributed by atoms with van der Waals surface area (Å²) in [6.45, 7) is 6.21. The standard InChI is InChI=1S/C19H23N3O2/c1-14-7-6-8-15(2)19(14)21-18(24)10-12-22(16(3)23)13-17-9-4-5-11-20-17/h4-9,11H,10,12-13H2,1-3H3,(H,21,24). The van der Waals surface area contributed by atoms with Crippen LogP contribution in [0.25, 0.3) is 0 Å². The van der Waals surface area contributed by atoms with Gasteiger partial charge in [-0.25, -0.2) is 0 Å². The van der Waals surface area contributed by atoms with Crippen LogP contribution in [0.15, 0.2) is 42.6 Å². The molecule has 1 aromatic carbocycles. The molecule has 5 nitrogen and oxygen atoms in total. The number of pyridine rings is 1. The van der Waals surface area contributed by atoms with Gasteiger partial charge in [0.25, 0.3) is 0 Å². The molecule has 0 aliphatic rings. The number of nitrogens with zero attached hydrogens (tertiary/aromatic N) is 2. The topological polar surface area (TPSA) is 62.3 Å². The van der Waals surface area contributed by atoms with Gasteiger partial charge in [-0.05, 0) is 37.1 Å². The molecule has 24 heavy (non-hydrogen) atoms. The Morgan fingerprint density at radius 3 is 2.38 bits per heavy atom. The molecule has 0 aliphatic heterocycles. The van der Waals surface area contributed by atoms with E-state index in [1.165, 1.54) is 6.92 Å². The highest BCUT2D eigenvalue weighted by molar-refractivity contribution is 5.92. The Balaban J connectivity index is 1.94. The normalized spacial score (nSPS) is 10.3. The van der Waals surface area contributed by atoms with Gasteiger partial charge in [-0.15, -0.1) is 0 Å². The number of rotatable bonds is 6. The lowest BCUT2D eigenvalue weighted by atomic mass is 10.1. The maximum absolute atomic E-state index is 12.2. The highest BCUT2D eigenvalue weighted by atomic mass is 16.2. The summed E-state index contributed by atoms with van der Waals surface area (Å²) >= 11 is 0. The van der Waals surface area contributed by atoms with Crippen LogP contribution in [0.2, 0.25) is 0 Å². The number of para-hydroxylation sites is 1. The lowest BCUT2D eigenvalue weighted by molar-refractivity contribution is -0.130. The van der Waals surface area contributed by atoms with E-state index in [0.717, 1.165) is 22.5 Å². The number of hydrogen-bond donors (Lipinski definition) is 1. The van der Waals surface area contributed by atoms with E-state index in [0.29, 0.717) is 13.1 Å². The summed E-state index contributed by atoms with van der Waals surface area (Å²) in [5.74, 6) is -0.166. The number of amides is 2. The summed E-state index contributed by atoms with van der Waals surface area (Å²) < 4.78 is 0. The number of hydrogen-bond acceptors (Lipinski definition) is 3. The highest BCUT2D eigenvalue weighted by Gasteiger charge is 2.13. The van der Waals surface area contributed by atoms with Crippen molar-refractivity contribution in [1.82, 2.24) is 9.88 Å². The molecule has 0 saturated carbocycles. The molecule has 0 radical (unpaired) electrons. The highest BCUT2D eigenvalue weighted by Crippen LogP contribution is 2.19. The van der Waals surface area contributed by atoms with Crippen LogP contribution in [0.5, 0.6) is 0 Å². The van der Waals surface area contributed by atoms with E-state index in [1.807, 2.05) is 50.2 Å². The van der Waals surface area contributed by atoms with Gasteiger partial charge >= 0.3 is 0 Å². The first-order valence-corrected chi connectivity index (χ1v) is 7.99. The average Bonchev–Trinajstić information content (AvgIpc) is 2.55. The molecule has 126 valence electrons. The number of carbonyl (C=O) groups is 2. The fourth-order valence-electron chi connectivity index (χ4n) is 2.49. The molecule has 2 rings (SSSR count). The second-order valence-electron chi connectivity index (χ2n) is 5.83. The van der Waals surface area contributed by atoms with E-state index in [9.17, 15) is 9.59 Å². The summed E-state index contributed by atoms with van der Waals surface area (Å²) in [4.78, 5) is 29.9. The monoisotopic (exact) mass is 325 g/mol. The molecule has 0 spiro atoms. The van der Waals surface area contributed by atoms with Gasteiger partial charge in [0.1, 0.15) is 0 Å². The molecule has 1 aromatic heterocycles. The van der Waals surface area contributed by atoms with Crippen molar-refractivity contribution in [3.63, 3.8) is 0 Å². The second-order valence-corrected chi connectivity index (χ2v) is 5.83. The third-order valence-electron chi connectivity index (χ3n) is 3.88. The van der Waals surface area contributed by atoms with E-state index >= 15 is 0 Å². The molecule has 0 bridgehead atoms. The summed E-state index contributed by atoms with van der Waals surface area (Å²) in [7, 11) is 0. The third-order valence-corrected chi connectivity index (χ3v) is 3.88. The predicted molar refractivity (Wildman–Crippen MR) is 94.5 cm³/mol. The minimum Gasteiger partial charge on any atom is -0.337 e. The first-order valence-electron chi connectivity index (χ1n) is 7.99. The molecule has 0 fully saturated rings. The number of carbonyl (C=O) groups excluding carboxylic acids is 2. The Bertz CT molecular complexity index is 694.